The predicted molar refractivity (Wildman–Crippen MR) is 101 cm³/mol. The number of carbonyl (C=O) groups is 1. The van der Waals surface area contributed by atoms with Gasteiger partial charge >= 0.3 is 0 Å². The van der Waals surface area contributed by atoms with Crippen LogP contribution in [0, 0.1) is 5.82 Å². The Morgan fingerprint density at radius 3 is 2.31 bits per heavy atom. The van der Waals surface area contributed by atoms with Crippen LogP contribution in [-0.2, 0) is 11.3 Å². The summed E-state index contributed by atoms with van der Waals surface area (Å²) < 4.78 is 13.2. The minimum atomic E-state index is -1.03. The zero-order chi connectivity index (χ0) is 17.6. The van der Waals surface area contributed by atoms with E-state index in [1.54, 1.807) is 4.90 Å². The van der Waals surface area contributed by atoms with E-state index in [0.29, 0.717) is 12.1 Å². The first-order valence-corrected chi connectivity index (χ1v) is 8.65. The number of amides is 1. The van der Waals surface area contributed by atoms with Crippen LogP contribution < -0.4 is 5.32 Å². The topological polar surface area (TPSA) is 52.6 Å². The molecule has 1 heterocycles. The molecule has 0 bridgehead atoms. The lowest BCUT2D eigenvalue weighted by molar-refractivity contribution is -0.135. The third-order valence-corrected chi connectivity index (χ3v) is 4.58. The van der Waals surface area contributed by atoms with E-state index < -0.39 is 12.1 Å². The number of likely N-dealkylation sites (tertiary alicyclic amines) is 1. The molecule has 1 aliphatic heterocycles. The number of hydrogen-bond donors (Lipinski definition) is 2. The molecular weight excluding hydrogens is 355 g/mol. The van der Waals surface area contributed by atoms with E-state index in [1.165, 1.54) is 24.3 Å². The van der Waals surface area contributed by atoms with Crippen molar-refractivity contribution in [3.8, 4) is 0 Å². The van der Waals surface area contributed by atoms with Gasteiger partial charge in [-0.1, -0.05) is 42.5 Å². The Morgan fingerprint density at radius 2 is 1.69 bits per heavy atom. The lowest BCUT2D eigenvalue weighted by Crippen LogP contribution is -2.48. The van der Waals surface area contributed by atoms with Gasteiger partial charge < -0.3 is 10.0 Å². The van der Waals surface area contributed by atoms with Crippen LogP contribution in [0.4, 0.5) is 4.39 Å². The molecule has 2 N–H and O–H groups in total. The number of nitrogens with one attached hydrogen (secondary N) is 1. The minimum Gasteiger partial charge on any atom is -0.386 e. The Labute approximate surface area is 159 Å². The maximum atomic E-state index is 13.2. The molecule has 1 fully saturated rings. The number of rotatable bonds is 6. The first-order chi connectivity index (χ1) is 12.1. The van der Waals surface area contributed by atoms with Crippen LogP contribution in [0.15, 0.2) is 54.6 Å². The standard InChI is InChI=1S/C20H23FN2O2.ClH/c21-17-10-8-16(9-11-17)19(24)18(20(25)23-12-4-5-13-23)22-14-15-6-2-1-3-7-15;/h1-3,6-11,18-19,22,24H,4-5,12-14H2;1H. The average molecular weight is 379 g/mol. The molecule has 2 atom stereocenters. The second-order valence-electron chi connectivity index (χ2n) is 6.37. The van der Waals surface area contributed by atoms with Gasteiger partial charge in [-0.05, 0) is 36.1 Å². The summed E-state index contributed by atoms with van der Waals surface area (Å²) in [6.45, 7) is 1.92. The van der Waals surface area contributed by atoms with Gasteiger partial charge in [-0.3, -0.25) is 10.1 Å². The van der Waals surface area contributed by atoms with Gasteiger partial charge in [0.2, 0.25) is 5.91 Å². The van der Waals surface area contributed by atoms with Crippen molar-refractivity contribution in [2.75, 3.05) is 13.1 Å². The summed E-state index contributed by atoms with van der Waals surface area (Å²) in [6.07, 6.45) is 0.950. The van der Waals surface area contributed by atoms with Crippen molar-refractivity contribution in [3.05, 3.63) is 71.5 Å². The molecule has 26 heavy (non-hydrogen) atoms. The van der Waals surface area contributed by atoms with Gasteiger partial charge in [0.1, 0.15) is 18.0 Å². The summed E-state index contributed by atoms with van der Waals surface area (Å²) in [4.78, 5) is 14.7. The van der Waals surface area contributed by atoms with E-state index in [-0.39, 0.29) is 24.1 Å². The van der Waals surface area contributed by atoms with Gasteiger partial charge in [0.25, 0.3) is 0 Å². The number of nitrogens with zero attached hydrogens (tertiary/aromatic N) is 1. The van der Waals surface area contributed by atoms with Gasteiger partial charge in [0.05, 0.1) is 0 Å². The van der Waals surface area contributed by atoms with E-state index >= 15 is 0 Å². The van der Waals surface area contributed by atoms with Gasteiger partial charge in [-0.25, -0.2) is 4.39 Å². The zero-order valence-electron chi connectivity index (χ0n) is 14.5. The predicted octanol–water partition coefficient (Wildman–Crippen LogP) is 3.06. The summed E-state index contributed by atoms with van der Waals surface area (Å²) in [7, 11) is 0. The monoisotopic (exact) mass is 378 g/mol. The Balaban J connectivity index is 0.00000243. The molecule has 2 aromatic carbocycles. The van der Waals surface area contributed by atoms with Crippen molar-refractivity contribution in [1.29, 1.82) is 0 Å². The van der Waals surface area contributed by atoms with Crippen LogP contribution >= 0.6 is 12.4 Å². The summed E-state index contributed by atoms with van der Waals surface area (Å²) in [5.74, 6) is -0.471. The molecule has 4 nitrogen and oxygen atoms in total. The fourth-order valence-corrected chi connectivity index (χ4v) is 3.14. The molecule has 0 aliphatic carbocycles. The van der Waals surface area contributed by atoms with Crippen LogP contribution in [-0.4, -0.2) is 35.0 Å². The number of benzene rings is 2. The molecule has 6 heteroatoms. The van der Waals surface area contributed by atoms with Crippen LogP contribution in [0.2, 0.25) is 0 Å². The number of carbonyl (C=O) groups excluding carboxylic acids is 1. The van der Waals surface area contributed by atoms with E-state index in [9.17, 15) is 14.3 Å². The fraction of sp³-hybridized carbons (Fsp3) is 0.350. The van der Waals surface area contributed by atoms with Crippen molar-refractivity contribution < 1.29 is 14.3 Å². The summed E-state index contributed by atoms with van der Waals surface area (Å²) in [6, 6.07) is 14.6. The first-order valence-electron chi connectivity index (χ1n) is 8.65. The highest BCUT2D eigenvalue weighted by molar-refractivity contribution is 5.85. The van der Waals surface area contributed by atoms with E-state index in [2.05, 4.69) is 5.32 Å². The molecule has 1 saturated heterocycles. The number of hydrogen-bond acceptors (Lipinski definition) is 3. The molecule has 1 aliphatic rings. The molecule has 0 aromatic heterocycles. The number of aliphatic hydroxyl groups is 1. The van der Waals surface area contributed by atoms with Crippen molar-refractivity contribution in [2.24, 2.45) is 0 Å². The van der Waals surface area contributed by atoms with Gasteiger partial charge in [0, 0.05) is 19.6 Å². The van der Waals surface area contributed by atoms with Crippen LogP contribution in [0.3, 0.4) is 0 Å². The number of aliphatic hydroxyl groups excluding tert-OH is 1. The molecule has 140 valence electrons. The molecule has 0 saturated carbocycles. The summed E-state index contributed by atoms with van der Waals surface area (Å²) in [5.41, 5.74) is 1.56. The van der Waals surface area contributed by atoms with E-state index in [1.807, 2.05) is 30.3 Å². The Hall–Kier alpha value is -1.95. The van der Waals surface area contributed by atoms with Crippen molar-refractivity contribution in [1.82, 2.24) is 10.2 Å². The molecule has 2 aromatic rings. The second kappa shape index (κ2) is 9.67. The van der Waals surface area contributed by atoms with Crippen molar-refractivity contribution >= 4 is 18.3 Å². The zero-order valence-corrected chi connectivity index (χ0v) is 15.3. The molecule has 1 amide bonds. The maximum Gasteiger partial charge on any atom is 0.242 e. The summed E-state index contributed by atoms with van der Waals surface area (Å²) >= 11 is 0. The summed E-state index contributed by atoms with van der Waals surface area (Å²) in [5, 5.41) is 13.9. The molecule has 0 spiro atoms. The highest BCUT2D eigenvalue weighted by Crippen LogP contribution is 2.21. The normalized spacial score (nSPS) is 16.0. The Kier molecular flexibility index (Phi) is 7.57. The lowest BCUT2D eigenvalue weighted by Gasteiger charge is -2.28. The van der Waals surface area contributed by atoms with Gasteiger partial charge in [-0.2, -0.15) is 0 Å². The lowest BCUT2D eigenvalue weighted by atomic mass is 10.0. The smallest absolute Gasteiger partial charge is 0.242 e. The van der Waals surface area contributed by atoms with E-state index in [4.69, 9.17) is 0 Å². The van der Waals surface area contributed by atoms with Crippen molar-refractivity contribution in [3.63, 3.8) is 0 Å². The first kappa shape index (κ1) is 20.4. The van der Waals surface area contributed by atoms with Crippen LogP contribution in [0.1, 0.15) is 30.1 Å². The Bertz CT molecular complexity index is 691. The average Bonchev–Trinajstić information content (AvgIpc) is 3.18. The van der Waals surface area contributed by atoms with Crippen LogP contribution in [0.25, 0.3) is 0 Å². The highest BCUT2D eigenvalue weighted by atomic mass is 35.5. The minimum absolute atomic E-state index is 0. The Morgan fingerprint density at radius 1 is 1.08 bits per heavy atom. The van der Waals surface area contributed by atoms with Gasteiger partial charge in [-0.15, -0.1) is 12.4 Å². The molecule has 0 radical (unpaired) electrons. The second-order valence-corrected chi connectivity index (χ2v) is 6.37. The van der Waals surface area contributed by atoms with Crippen molar-refractivity contribution in [2.45, 2.75) is 31.5 Å². The molecule has 2 unspecified atom stereocenters. The number of halogens is 2. The molecular formula is C20H24ClFN2O2. The fourth-order valence-electron chi connectivity index (χ4n) is 3.14. The van der Waals surface area contributed by atoms with Gasteiger partial charge in [0.15, 0.2) is 0 Å². The maximum absolute atomic E-state index is 13.2. The van der Waals surface area contributed by atoms with E-state index in [0.717, 1.165) is 31.5 Å². The largest absolute Gasteiger partial charge is 0.386 e. The highest BCUT2D eigenvalue weighted by Gasteiger charge is 2.32. The third-order valence-electron chi connectivity index (χ3n) is 4.58. The quantitative estimate of drug-likeness (QED) is 0.812. The third kappa shape index (κ3) is 5.04. The van der Waals surface area contributed by atoms with Crippen LogP contribution in [0.5, 0.6) is 0 Å². The SMILES string of the molecule is Cl.O=C(C(NCc1ccccc1)C(O)c1ccc(F)cc1)N1CCCC1. The molecule has 3 rings (SSSR count).